The van der Waals surface area contributed by atoms with Gasteiger partial charge in [-0.05, 0) is 57.4 Å². The molecule has 0 bridgehead atoms. The average Bonchev–Trinajstić information content (AvgIpc) is 3.12. The van der Waals surface area contributed by atoms with Gasteiger partial charge < -0.3 is 10.2 Å². The van der Waals surface area contributed by atoms with E-state index in [2.05, 4.69) is 30.5 Å². The average molecular weight is 446 g/mol. The number of rotatable bonds is 5. The van der Waals surface area contributed by atoms with Gasteiger partial charge in [0.2, 0.25) is 5.95 Å². The molecule has 0 amide bonds. The molecule has 164 valence electrons. The Hall–Kier alpha value is -2.38. The van der Waals surface area contributed by atoms with Gasteiger partial charge in [-0.15, -0.1) is 0 Å². The van der Waals surface area contributed by atoms with E-state index in [1.165, 1.54) is 11.5 Å². The molecule has 3 fully saturated rings. The molecule has 4 heterocycles. The molecule has 2 unspecified atom stereocenters. The fourth-order valence-corrected chi connectivity index (χ4v) is 5.81. The fraction of sp³-hybridized carbons (Fsp3) is 0.619. The van der Waals surface area contributed by atoms with Crippen molar-refractivity contribution in [1.82, 2.24) is 19.2 Å². The molecule has 2 saturated heterocycles. The van der Waals surface area contributed by atoms with Gasteiger partial charge in [0, 0.05) is 36.7 Å². The Labute approximate surface area is 184 Å². The molecule has 0 aromatic carbocycles. The van der Waals surface area contributed by atoms with Gasteiger partial charge in [-0.25, -0.2) is 13.8 Å². The third-order valence-corrected chi connectivity index (χ3v) is 7.74. The zero-order chi connectivity index (χ0) is 21.8. The van der Waals surface area contributed by atoms with E-state index < -0.39 is 17.8 Å². The molecule has 7 nitrogen and oxygen atoms in total. The Morgan fingerprint density at radius 3 is 2.58 bits per heavy atom. The molecule has 1 aliphatic carbocycles. The second-order valence-corrected chi connectivity index (χ2v) is 9.83. The van der Waals surface area contributed by atoms with Crippen molar-refractivity contribution < 1.29 is 8.78 Å². The number of likely N-dealkylation sites (tertiary alicyclic amines) is 1. The van der Waals surface area contributed by atoms with E-state index in [4.69, 9.17) is 4.98 Å². The molecule has 31 heavy (non-hydrogen) atoms. The van der Waals surface area contributed by atoms with E-state index in [0.717, 1.165) is 22.1 Å². The van der Waals surface area contributed by atoms with Gasteiger partial charge in [0.25, 0.3) is 5.92 Å². The summed E-state index contributed by atoms with van der Waals surface area (Å²) in [6.45, 7) is 6.51. The summed E-state index contributed by atoms with van der Waals surface area (Å²) < 4.78 is 31.8. The summed E-state index contributed by atoms with van der Waals surface area (Å²) in [7, 11) is 0. The summed E-state index contributed by atoms with van der Waals surface area (Å²) in [4.78, 5) is 13.5. The number of nitrogens with one attached hydrogen (secondary N) is 1. The van der Waals surface area contributed by atoms with E-state index in [9.17, 15) is 14.0 Å². The van der Waals surface area contributed by atoms with Crippen molar-refractivity contribution in [3.05, 3.63) is 23.5 Å². The highest BCUT2D eigenvalue weighted by Gasteiger charge is 2.68. The predicted molar refractivity (Wildman–Crippen MR) is 115 cm³/mol. The molecule has 10 heteroatoms. The van der Waals surface area contributed by atoms with Crippen molar-refractivity contribution >= 4 is 28.3 Å². The first kappa shape index (κ1) is 20.5. The number of aromatic nitrogens is 3. The number of fused-ring (bicyclic) bond motifs is 1. The van der Waals surface area contributed by atoms with Crippen molar-refractivity contribution in [2.24, 2.45) is 11.8 Å². The summed E-state index contributed by atoms with van der Waals surface area (Å²) in [6.07, 6.45) is 3.22. The Morgan fingerprint density at radius 2 is 1.97 bits per heavy atom. The minimum absolute atomic E-state index is 0.291. The maximum atomic E-state index is 13.8. The van der Waals surface area contributed by atoms with Crippen molar-refractivity contribution in [3.63, 3.8) is 0 Å². The number of halogens is 2. The lowest BCUT2D eigenvalue weighted by Gasteiger charge is -2.55. The third-order valence-electron chi connectivity index (χ3n) is 6.94. The second kappa shape index (κ2) is 7.35. The maximum Gasteiger partial charge on any atom is 0.254 e. The lowest BCUT2D eigenvalue weighted by Crippen LogP contribution is -2.70. The molecule has 0 radical (unpaired) electrons. The van der Waals surface area contributed by atoms with Gasteiger partial charge in [-0.1, -0.05) is 0 Å². The topological polar surface area (TPSA) is 81.0 Å². The van der Waals surface area contributed by atoms with Crippen LogP contribution in [0.1, 0.15) is 30.5 Å². The van der Waals surface area contributed by atoms with Crippen LogP contribution in [-0.2, 0) is 0 Å². The summed E-state index contributed by atoms with van der Waals surface area (Å²) in [5.74, 6) is -2.06. The summed E-state index contributed by atoms with van der Waals surface area (Å²) in [5, 5.41) is 13.6. The number of nitriles is 1. The molecule has 1 N–H and O–H groups in total. The highest BCUT2D eigenvalue weighted by Crippen LogP contribution is 2.60. The SMILES string of the molecule is Cc1cc(Nc2ncc(C)c(N3CC(CC#N)(N4CCC5C(CC4)C5(F)F)C3)n2)sn1. The molecular weight excluding hydrogens is 420 g/mol. The standard InChI is InChI=1S/C21H25F2N7S/c1-13-10-25-19(26-17-9-14(2)28-31-17)27-18(13)29-11-20(12-29,5-6-24)30-7-3-15-16(4-8-30)21(15,22)23/h9-10,15-16H,3-5,7-8,11-12H2,1-2H3,(H,25,26,27). The van der Waals surface area contributed by atoms with Crippen LogP contribution < -0.4 is 10.2 Å². The van der Waals surface area contributed by atoms with Gasteiger partial charge in [0.1, 0.15) is 10.8 Å². The largest absolute Gasteiger partial charge is 0.352 e. The second-order valence-electron chi connectivity index (χ2n) is 9.02. The van der Waals surface area contributed by atoms with Gasteiger partial charge >= 0.3 is 0 Å². The van der Waals surface area contributed by atoms with Crippen molar-refractivity contribution in [1.29, 1.82) is 5.26 Å². The third kappa shape index (κ3) is 3.53. The van der Waals surface area contributed by atoms with Crippen molar-refractivity contribution in [2.75, 3.05) is 36.4 Å². The molecule has 0 spiro atoms. The number of anilines is 3. The number of nitrogens with zero attached hydrogens (tertiary/aromatic N) is 6. The first-order valence-electron chi connectivity index (χ1n) is 10.6. The minimum Gasteiger partial charge on any atom is -0.352 e. The van der Waals surface area contributed by atoms with Crippen LogP contribution in [0.15, 0.2) is 12.3 Å². The van der Waals surface area contributed by atoms with Crippen LogP contribution in [0.3, 0.4) is 0 Å². The highest BCUT2D eigenvalue weighted by molar-refractivity contribution is 7.10. The minimum atomic E-state index is -2.47. The highest BCUT2D eigenvalue weighted by atomic mass is 32.1. The molecule has 2 aromatic rings. The van der Waals surface area contributed by atoms with Crippen LogP contribution in [-0.4, -0.2) is 56.9 Å². The van der Waals surface area contributed by atoms with Gasteiger partial charge in [-0.2, -0.15) is 14.6 Å². The lowest BCUT2D eigenvalue weighted by atomic mass is 9.84. The maximum absolute atomic E-state index is 13.8. The van der Waals surface area contributed by atoms with Gasteiger partial charge in [0.05, 0.1) is 23.7 Å². The monoisotopic (exact) mass is 445 g/mol. The van der Waals surface area contributed by atoms with Crippen molar-refractivity contribution in [2.45, 2.75) is 44.6 Å². The molecule has 2 aromatic heterocycles. The Bertz CT molecular complexity index is 1010. The summed E-state index contributed by atoms with van der Waals surface area (Å²) >= 11 is 1.36. The number of aryl methyl sites for hydroxylation is 2. The van der Waals surface area contributed by atoms with Crippen LogP contribution >= 0.6 is 11.5 Å². The van der Waals surface area contributed by atoms with Crippen LogP contribution in [0.5, 0.6) is 0 Å². The number of alkyl halides is 2. The smallest absolute Gasteiger partial charge is 0.254 e. The molecule has 2 aliphatic heterocycles. The fourth-order valence-electron chi connectivity index (χ4n) is 5.15. The quantitative estimate of drug-likeness (QED) is 0.751. The zero-order valence-corrected chi connectivity index (χ0v) is 18.4. The van der Waals surface area contributed by atoms with Crippen LogP contribution in [0.2, 0.25) is 0 Å². The lowest BCUT2D eigenvalue weighted by molar-refractivity contribution is 0.0332. The van der Waals surface area contributed by atoms with Crippen LogP contribution in [0.4, 0.5) is 25.5 Å². The normalized spacial score (nSPS) is 26.4. The molecular formula is C21H25F2N7S. The number of hydrogen-bond acceptors (Lipinski definition) is 8. The van der Waals surface area contributed by atoms with Crippen LogP contribution in [0, 0.1) is 37.0 Å². The Morgan fingerprint density at radius 1 is 1.26 bits per heavy atom. The van der Waals surface area contributed by atoms with Gasteiger partial charge in [-0.3, -0.25) is 4.90 Å². The van der Waals surface area contributed by atoms with E-state index in [-0.39, 0.29) is 5.54 Å². The van der Waals surface area contributed by atoms with E-state index in [1.807, 2.05) is 19.9 Å². The van der Waals surface area contributed by atoms with E-state index >= 15 is 0 Å². The Kier molecular flexibility index (Phi) is 4.86. The molecule has 3 aliphatic rings. The predicted octanol–water partition coefficient (Wildman–Crippen LogP) is 3.74. The number of hydrogen-bond donors (Lipinski definition) is 1. The van der Waals surface area contributed by atoms with Gasteiger partial charge in [0.15, 0.2) is 0 Å². The first-order valence-corrected chi connectivity index (χ1v) is 11.4. The zero-order valence-electron chi connectivity index (χ0n) is 17.6. The first-order chi connectivity index (χ1) is 14.8. The van der Waals surface area contributed by atoms with E-state index in [1.54, 1.807) is 6.20 Å². The Balaban J connectivity index is 1.30. The summed E-state index contributed by atoms with van der Waals surface area (Å²) in [5.41, 5.74) is 1.62. The molecule has 5 rings (SSSR count). The molecule has 1 saturated carbocycles. The molecule has 2 atom stereocenters. The summed E-state index contributed by atoms with van der Waals surface area (Å²) in [6, 6.07) is 4.28. The van der Waals surface area contributed by atoms with Crippen LogP contribution in [0.25, 0.3) is 0 Å². The van der Waals surface area contributed by atoms with E-state index in [0.29, 0.717) is 51.4 Å². The van der Waals surface area contributed by atoms with Crippen molar-refractivity contribution in [3.8, 4) is 6.07 Å².